The van der Waals surface area contributed by atoms with Crippen LogP contribution < -0.4 is 11.1 Å². The molecule has 0 aliphatic carbocycles. The summed E-state index contributed by atoms with van der Waals surface area (Å²) >= 11 is 6.03. The lowest BCUT2D eigenvalue weighted by Crippen LogP contribution is -2.10. The lowest BCUT2D eigenvalue weighted by molar-refractivity contribution is 0.812. The van der Waals surface area contributed by atoms with Crippen LogP contribution in [0.25, 0.3) is 5.69 Å². The number of rotatable bonds is 6. The SMILES string of the molecule is CCc1c(NCCCN)cnn1-c1cccc(Cl)c1. The molecule has 2 aromatic rings. The van der Waals surface area contributed by atoms with E-state index in [0.29, 0.717) is 11.6 Å². The normalized spacial score (nSPS) is 10.7. The molecule has 0 aliphatic rings. The number of halogens is 1. The zero-order valence-corrected chi connectivity index (χ0v) is 11.8. The molecule has 0 atom stereocenters. The first-order chi connectivity index (χ1) is 9.26. The van der Waals surface area contributed by atoms with E-state index in [9.17, 15) is 0 Å². The molecule has 2 rings (SSSR count). The Morgan fingerprint density at radius 1 is 1.42 bits per heavy atom. The Bertz CT molecular complexity index is 536. The van der Waals surface area contributed by atoms with Gasteiger partial charge < -0.3 is 11.1 Å². The van der Waals surface area contributed by atoms with E-state index in [-0.39, 0.29) is 0 Å². The predicted octanol–water partition coefficient (Wildman–Crippen LogP) is 2.85. The van der Waals surface area contributed by atoms with E-state index in [4.69, 9.17) is 17.3 Å². The lowest BCUT2D eigenvalue weighted by atomic mass is 10.2. The van der Waals surface area contributed by atoms with Crippen LogP contribution in [0.15, 0.2) is 30.5 Å². The van der Waals surface area contributed by atoms with E-state index in [1.807, 2.05) is 35.1 Å². The number of nitrogens with one attached hydrogen (secondary N) is 1. The van der Waals surface area contributed by atoms with E-state index in [1.54, 1.807) is 0 Å². The number of hydrogen-bond donors (Lipinski definition) is 2. The first kappa shape index (κ1) is 13.9. The standard InChI is InChI=1S/C14H19ClN4/c1-2-14-13(17-8-4-7-16)10-18-19(14)12-6-3-5-11(15)9-12/h3,5-6,9-10,17H,2,4,7-8,16H2,1H3. The molecule has 102 valence electrons. The molecule has 0 amide bonds. The van der Waals surface area contributed by atoms with Gasteiger partial charge in [-0.1, -0.05) is 24.6 Å². The van der Waals surface area contributed by atoms with Crippen LogP contribution in [0.3, 0.4) is 0 Å². The van der Waals surface area contributed by atoms with Crippen molar-refractivity contribution in [1.82, 2.24) is 9.78 Å². The van der Waals surface area contributed by atoms with Gasteiger partial charge >= 0.3 is 0 Å². The van der Waals surface area contributed by atoms with Crippen LogP contribution >= 0.6 is 11.6 Å². The van der Waals surface area contributed by atoms with Crippen molar-refractivity contribution in [2.45, 2.75) is 19.8 Å². The molecule has 3 N–H and O–H groups in total. The summed E-state index contributed by atoms with van der Waals surface area (Å²) in [6, 6.07) is 7.71. The van der Waals surface area contributed by atoms with Gasteiger partial charge in [0.05, 0.1) is 23.3 Å². The van der Waals surface area contributed by atoms with Crippen LogP contribution in [0.5, 0.6) is 0 Å². The van der Waals surface area contributed by atoms with Crippen molar-refractivity contribution >= 4 is 17.3 Å². The Balaban J connectivity index is 2.26. The third-order valence-corrected chi connectivity index (χ3v) is 3.19. The van der Waals surface area contributed by atoms with Gasteiger partial charge in [0, 0.05) is 11.6 Å². The summed E-state index contributed by atoms with van der Waals surface area (Å²) in [6.45, 7) is 3.67. The highest BCUT2D eigenvalue weighted by molar-refractivity contribution is 6.30. The number of aromatic nitrogens is 2. The van der Waals surface area contributed by atoms with Gasteiger partial charge in [0.15, 0.2) is 0 Å². The number of benzene rings is 1. The first-order valence-corrected chi connectivity index (χ1v) is 6.90. The molecule has 0 saturated heterocycles. The summed E-state index contributed by atoms with van der Waals surface area (Å²) in [4.78, 5) is 0. The van der Waals surface area contributed by atoms with Crippen molar-refractivity contribution in [1.29, 1.82) is 0 Å². The van der Waals surface area contributed by atoms with Gasteiger partial charge in [-0.3, -0.25) is 0 Å². The molecule has 4 nitrogen and oxygen atoms in total. The number of nitrogens with two attached hydrogens (primary N) is 1. The van der Waals surface area contributed by atoms with Crippen LogP contribution in [0.1, 0.15) is 19.0 Å². The minimum absolute atomic E-state index is 0.691. The minimum Gasteiger partial charge on any atom is -0.382 e. The number of anilines is 1. The molecule has 0 aliphatic heterocycles. The topological polar surface area (TPSA) is 55.9 Å². The smallest absolute Gasteiger partial charge is 0.0763 e. The fraction of sp³-hybridized carbons (Fsp3) is 0.357. The molecule has 0 radical (unpaired) electrons. The molecule has 1 aromatic heterocycles. The fourth-order valence-electron chi connectivity index (χ4n) is 2.02. The largest absolute Gasteiger partial charge is 0.382 e. The molecule has 0 spiro atoms. The molecule has 1 heterocycles. The third kappa shape index (κ3) is 3.28. The maximum absolute atomic E-state index is 6.03. The second-order valence-corrected chi connectivity index (χ2v) is 4.76. The van der Waals surface area contributed by atoms with Gasteiger partial charge in [-0.05, 0) is 37.6 Å². The van der Waals surface area contributed by atoms with Gasteiger partial charge in [0.2, 0.25) is 0 Å². The summed E-state index contributed by atoms with van der Waals surface area (Å²) in [5.74, 6) is 0. The molecular formula is C14H19ClN4. The van der Waals surface area contributed by atoms with Crippen molar-refractivity contribution < 1.29 is 0 Å². The van der Waals surface area contributed by atoms with Gasteiger partial charge in [-0.2, -0.15) is 5.10 Å². The first-order valence-electron chi connectivity index (χ1n) is 6.53. The second kappa shape index (κ2) is 6.59. The maximum atomic E-state index is 6.03. The van der Waals surface area contributed by atoms with Crippen LogP contribution in [0, 0.1) is 0 Å². The van der Waals surface area contributed by atoms with E-state index < -0.39 is 0 Å². The van der Waals surface area contributed by atoms with Crippen LogP contribution in [-0.4, -0.2) is 22.9 Å². The quantitative estimate of drug-likeness (QED) is 0.799. The van der Waals surface area contributed by atoms with Crippen LogP contribution in [0.2, 0.25) is 5.02 Å². The molecule has 19 heavy (non-hydrogen) atoms. The van der Waals surface area contributed by atoms with Gasteiger partial charge in [-0.25, -0.2) is 4.68 Å². The van der Waals surface area contributed by atoms with E-state index in [2.05, 4.69) is 17.3 Å². The molecule has 0 bridgehead atoms. The van der Waals surface area contributed by atoms with Crippen LogP contribution in [0.4, 0.5) is 5.69 Å². The van der Waals surface area contributed by atoms with Crippen molar-refractivity contribution in [3.05, 3.63) is 41.2 Å². The van der Waals surface area contributed by atoms with Gasteiger partial charge in [-0.15, -0.1) is 0 Å². The average molecular weight is 279 g/mol. The summed E-state index contributed by atoms with van der Waals surface area (Å²) in [5.41, 5.74) is 8.70. The Kier molecular flexibility index (Phi) is 4.82. The zero-order valence-electron chi connectivity index (χ0n) is 11.1. The lowest BCUT2D eigenvalue weighted by Gasteiger charge is -2.09. The third-order valence-electron chi connectivity index (χ3n) is 2.95. The van der Waals surface area contributed by atoms with Gasteiger partial charge in [0.1, 0.15) is 0 Å². The average Bonchev–Trinajstić information content (AvgIpc) is 2.82. The highest BCUT2D eigenvalue weighted by atomic mass is 35.5. The van der Waals surface area contributed by atoms with E-state index >= 15 is 0 Å². The number of nitrogens with zero attached hydrogens (tertiary/aromatic N) is 2. The Morgan fingerprint density at radius 2 is 2.26 bits per heavy atom. The Hall–Kier alpha value is -1.52. The maximum Gasteiger partial charge on any atom is 0.0763 e. The molecule has 1 aromatic carbocycles. The van der Waals surface area contributed by atoms with Gasteiger partial charge in [0.25, 0.3) is 0 Å². The zero-order chi connectivity index (χ0) is 13.7. The second-order valence-electron chi connectivity index (χ2n) is 4.32. The van der Waals surface area contributed by atoms with Crippen molar-refractivity contribution in [2.75, 3.05) is 18.4 Å². The summed E-state index contributed by atoms with van der Waals surface area (Å²) < 4.78 is 1.93. The summed E-state index contributed by atoms with van der Waals surface area (Å²) in [6.07, 6.45) is 3.71. The molecule has 5 heteroatoms. The molecule has 0 unspecified atom stereocenters. The molecule has 0 saturated carbocycles. The fourth-order valence-corrected chi connectivity index (χ4v) is 2.20. The van der Waals surface area contributed by atoms with E-state index in [0.717, 1.165) is 36.5 Å². The predicted molar refractivity (Wildman–Crippen MR) is 80.1 cm³/mol. The molecule has 0 fully saturated rings. The monoisotopic (exact) mass is 278 g/mol. The van der Waals surface area contributed by atoms with Crippen molar-refractivity contribution in [3.63, 3.8) is 0 Å². The Morgan fingerprint density at radius 3 is 2.95 bits per heavy atom. The minimum atomic E-state index is 0.691. The van der Waals surface area contributed by atoms with E-state index in [1.165, 1.54) is 0 Å². The Labute approximate surface area is 118 Å². The summed E-state index contributed by atoms with van der Waals surface area (Å²) in [7, 11) is 0. The van der Waals surface area contributed by atoms with Crippen molar-refractivity contribution in [2.24, 2.45) is 5.73 Å². The molecular weight excluding hydrogens is 260 g/mol. The number of hydrogen-bond acceptors (Lipinski definition) is 3. The highest BCUT2D eigenvalue weighted by Crippen LogP contribution is 2.21. The highest BCUT2D eigenvalue weighted by Gasteiger charge is 2.10. The van der Waals surface area contributed by atoms with Crippen molar-refractivity contribution in [3.8, 4) is 5.69 Å². The summed E-state index contributed by atoms with van der Waals surface area (Å²) in [5, 5.41) is 8.53. The van der Waals surface area contributed by atoms with Crippen LogP contribution in [-0.2, 0) is 6.42 Å².